The highest BCUT2D eigenvalue weighted by molar-refractivity contribution is 6.50. The summed E-state index contributed by atoms with van der Waals surface area (Å²) in [4.78, 5) is 18.0. The minimum Gasteiger partial charge on any atom is -0.287 e. The first-order chi connectivity index (χ1) is 16.5. The topological polar surface area (TPSA) is 53.2 Å². The molecular weight excluding hydrogens is 416 g/mol. The molecule has 0 spiro atoms. The number of carbonyl (C=O) groups excluding carboxylic acids is 1. The Kier molecular flexibility index (Phi) is 9.59. The summed E-state index contributed by atoms with van der Waals surface area (Å²) in [6.45, 7) is 6.86. The van der Waals surface area contributed by atoms with Gasteiger partial charge in [0, 0.05) is 6.54 Å². The van der Waals surface area contributed by atoms with Gasteiger partial charge >= 0.3 is 0 Å². The van der Waals surface area contributed by atoms with Crippen LogP contribution in [0.1, 0.15) is 87.0 Å². The van der Waals surface area contributed by atoms with Crippen molar-refractivity contribution >= 4 is 17.1 Å². The minimum atomic E-state index is 0.0235. The van der Waals surface area contributed by atoms with Gasteiger partial charge in [0.25, 0.3) is 0 Å². The van der Waals surface area contributed by atoms with Crippen molar-refractivity contribution in [2.45, 2.75) is 71.6 Å². The molecule has 0 fully saturated rings. The molecule has 0 aliphatic carbocycles. The summed E-state index contributed by atoms with van der Waals surface area (Å²) in [6, 6.07) is 18.6. The number of Topliss-reactive ketones (excluding diaryl/α,β-unsaturated/α-hetero) is 1. The van der Waals surface area contributed by atoms with E-state index < -0.39 is 0 Å². The third-order valence-corrected chi connectivity index (χ3v) is 6.57. The van der Waals surface area contributed by atoms with E-state index in [9.17, 15) is 10.1 Å². The number of nitrogens with zero attached hydrogens (tertiary/aromatic N) is 2. The standard InChI is InChI=1S/C31H36N2O/c1-4-5-6-7-8-9-24(3)31(34)30-21-29(27-16-12-25(22-32)13-17-27)20-28(18-19-33-30)26-14-10-23(2)11-15-26/h9-17,21,28H,4-8,18-20H2,1-3H3/b24-9-,29-21?,33-30?. The van der Waals surface area contributed by atoms with Gasteiger partial charge in [0.1, 0.15) is 5.71 Å². The third-order valence-electron chi connectivity index (χ3n) is 6.57. The van der Waals surface area contributed by atoms with E-state index in [0.717, 1.165) is 42.4 Å². The fourth-order valence-corrected chi connectivity index (χ4v) is 4.38. The van der Waals surface area contributed by atoms with Gasteiger partial charge in [-0.15, -0.1) is 0 Å². The van der Waals surface area contributed by atoms with Gasteiger partial charge in [-0.25, -0.2) is 0 Å². The SMILES string of the molecule is CCCCCC/C=C(/C)C(=O)C1=NCCC(c2ccc(C)cc2)CC(c2ccc(C#N)cc2)=C1. The molecule has 2 aromatic carbocycles. The molecule has 0 saturated heterocycles. The lowest BCUT2D eigenvalue weighted by molar-refractivity contribution is -0.109. The molecule has 1 heterocycles. The molecule has 0 N–H and O–H groups in total. The van der Waals surface area contributed by atoms with Gasteiger partial charge in [-0.1, -0.05) is 74.2 Å². The van der Waals surface area contributed by atoms with Crippen molar-refractivity contribution in [1.82, 2.24) is 0 Å². The minimum absolute atomic E-state index is 0.0235. The second-order valence-corrected chi connectivity index (χ2v) is 9.29. The first kappa shape index (κ1) is 25.4. The summed E-state index contributed by atoms with van der Waals surface area (Å²) in [7, 11) is 0. The Hall–Kier alpha value is -3.25. The number of aryl methyl sites for hydroxylation is 1. The van der Waals surface area contributed by atoms with Crippen LogP contribution in [-0.4, -0.2) is 18.0 Å². The average molecular weight is 453 g/mol. The van der Waals surface area contributed by atoms with E-state index in [1.54, 1.807) is 0 Å². The van der Waals surface area contributed by atoms with Crippen molar-refractivity contribution in [2.24, 2.45) is 4.99 Å². The van der Waals surface area contributed by atoms with E-state index in [1.165, 1.54) is 30.4 Å². The van der Waals surface area contributed by atoms with Crippen molar-refractivity contribution in [3.05, 3.63) is 88.5 Å². The highest BCUT2D eigenvalue weighted by Crippen LogP contribution is 2.33. The van der Waals surface area contributed by atoms with E-state index >= 15 is 0 Å². The Morgan fingerprint density at radius 1 is 1.09 bits per heavy atom. The first-order valence-corrected chi connectivity index (χ1v) is 12.6. The normalized spacial score (nSPS) is 16.6. The molecule has 0 radical (unpaired) electrons. The zero-order valence-corrected chi connectivity index (χ0v) is 20.8. The number of nitriles is 1. The predicted molar refractivity (Wildman–Crippen MR) is 142 cm³/mol. The van der Waals surface area contributed by atoms with Gasteiger partial charge in [0.15, 0.2) is 0 Å². The van der Waals surface area contributed by atoms with Crippen LogP contribution in [0.25, 0.3) is 5.57 Å². The average Bonchev–Trinajstić information content (AvgIpc) is 2.84. The van der Waals surface area contributed by atoms with Crippen molar-refractivity contribution in [2.75, 3.05) is 6.54 Å². The Labute approximate surface area is 204 Å². The second kappa shape index (κ2) is 12.8. The van der Waals surface area contributed by atoms with Gasteiger partial charge in [-0.3, -0.25) is 9.79 Å². The molecule has 34 heavy (non-hydrogen) atoms. The fraction of sp³-hybridized carbons (Fsp3) is 0.387. The number of carbonyl (C=O) groups is 1. The highest BCUT2D eigenvalue weighted by Gasteiger charge is 2.20. The summed E-state index contributed by atoms with van der Waals surface area (Å²) in [5, 5.41) is 9.19. The Balaban J connectivity index is 1.88. The van der Waals surface area contributed by atoms with Crippen LogP contribution in [0.3, 0.4) is 0 Å². The maximum absolute atomic E-state index is 13.3. The number of hydrogen-bond acceptors (Lipinski definition) is 3. The molecule has 0 aromatic heterocycles. The molecule has 0 saturated carbocycles. The van der Waals surface area contributed by atoms with Crippen LogP contribution in [-0.2, 0) is 4.79 Å². The summed E-state index contributed by atoms with van der Waals surface area (Å²) in [5.74, 6) is 0.355. The molecule has 0 bridgehead atoms. The van der Waals surface area contributed by atoms with Crippen LogP contribution in [0.15, 0.2) is 71.2 Å². The molecule has 1 unspecified atom stereocenters. The quantitative estimate of drug-likeness (QED) is 0.288. The highest BCUT2D eigenvalue weighted by atomic mass is 16.1. The second-order valence-electron chi connectivity index (χ2n) is 9.29. The molecule has 1 atom stereocenters. The molecule has 3 rings (SSSR count). The summed E-state index contributed by atoms with van der Waals surface area (Å²) < 4.78 is 0. The molecule has 2 aromatic rings. The van der Waals surface area contributed by atoms with E-state index in [1.807, 2.05) is 37.3 Å². The Morgan fingerprint density at radius 2 is 1.82 bits per heavy atom. The Morgan fingerprint density at radius 3 is 2.50 bits per heavy atom. The summed E-state index contributed by atoms with van der Waals surface area (Å²) in [6.07, 6.45) is 11.5. The monoisotopic (exact) mass is 452 g/mol. The number of aliphatic imine (C=N–C) groups is 1. The van der Waals surface area contributed by atoms with E-state index in [0.29, 0.717) is 23.7 Å². The molecule has 0 amide bonds. The lowest BCUT2D eigenvalue weighted by Crippen LogP contribution is -2.17. The van der Waals surface area contributed by atoms with Crippen molar-refractivity contribution in [3.8, 4) is 6.07 Å². The van der Waals surface area contributed by atoms with Crippen LogP contribution >= 0.6 is 0 Å². The maximum Gasteiger partial charge on any atom is 0.206 e. The predicted octanol–water partition coefficient (Wildman–Crippen LogP) is 7.75. The molecule has 3 nitrogen and oxygen atoms in total. The van der Waals surface area contributed by atoms with E-state index in [2.05, 4.69) is 50.3 Å². The van der Waals surface area contributed by atoms with Gasteiger partial charge in [0.05, 0.1) is 11.6 Å². The largest absolute Gasteiger partial charge is 0.287 e. The zero-order chi connectivity index (χ0) is 24.3. The molecule has 176 valence electrons. The van der Waals surface area contributed by atoms with Gasteiger partial charge in [-0.2, -0.15) is 5.26 Å². The van der Waals surface area contributed by atoms with Gasteiger partial charge in [-0.05, 0) is 85.9 Å². The molecular formula is C31H36N2O. The number of rotatable bonds is 9. The van der Waals surface area contributed by atoms with Crippen LogP contribution in [0.2, 0.25) is 0 Å². The van der Waals surface area contributed by atoms with E-state index in [4.69, 9.17) is 4.99 Å². The molecule has 1 aliphatic rings. The first-order valence-electron chi connectivity index (χ1n) is 12.6. The van der Waals surface area contributed by atoms with Crippen LogP contribution in [0.5, 0.6) is 0 Å². The Bertz CT molecular complexity index is 1100. The number of unbranched alkanes of at least 4 members (excludes halogenated alkanes) is 4. The lowest BCUT2D eigenvalue weighted by Gasteiger charge is -2.22. The number of ketones is 1. The van der Waals surface area contributed by atoms with Crippen LogP contribution in [0, 0.1) is 18.3 Å². The van der Waals surface area contributed by atoms with Crippen molar-refractivity contribution in [3.63, 3.8) is 0 Å². The maximum atomic E-state index is 13.3. The van der Waals surface area contributed by atoms with Crippen LogP contribution < -0.4 is 0 Å². The van der Waals surface area contributed by atoms with Crippen molar-refractivity contribution < 1.29 is 4.79 Å². The lowest BCUT2D eigenvalue weighted by atomic mass is 9.84. The smallest absolute Gasteiger partial charge is 0.206 e. The van der Waals surface area contributed by atoms with Gasteiger partial charge in [0.2, 0.25) is 5.78 Å². The van der Waals surface area contributed by atoms with Gasteiger partial charge < -0.3 is 0 Å². The van der Waals surface area contributed by atoms with Crippen LogP contribution in [0.4, 0.5) is 0 Å². The zero-order valence-electron chi connectivity index (χ0n) is 20.8. The molecule has 3 heteroatoms. The number of allylic oxidation sites excluding steroid dienone is 4. The third kappa shape index (κ3) is 7.12. The number of benzene rings is 2. The van der Waals surface area contributed by atoms with Crippen molar-refractivity contribution in [1.29, 1.82) is 5.26 Å². The number of hydrogen-bond donors (Lipinski definition) is 0. The fourth-order valence-electron chi connectivity index (χ4n) is 4.38. The molecule has 1 aliphatic heterocycles. The summed E-state index contributed by atoms with van der Waals surface area (Å²) in [5.41, 5.74) is 6.65. The van der Waals surface area contributed by atoms with E-state index in [-0.39, 0.29) is 5.78 Å². The summed E-state index contributed by atoms with van der Waals surface area (Å²) >= 11 is 0.